The van der Waals surface area contributed by atoms with Crippen LogP contribution in [0, 0.1) is 13.8 Å². The molecule has 3 aromatic rings. The molecule has 0 atom stereocenters. The number of nitrogens with one attached hydrogen (secondary N) is 1. The Hall–Kier alpha value is -3.52. The first-order valence-corrected chi connectivity index (χ1v) is 12.4. The smallest absolute Gasteiger partial charge is 0.240 e. The molecule has 8 heteroatoms. The summed E-state index contributed by atoms with van der Waals surface area (Å²) in [6, 6.07) is 21.6. The first kappa shape index (κ1) is 24.1. The molecular weight excluding hydrogens is 440 g/mol. The lowest BCUT2D eigenvalue weighted by atomic mass is 10.1. The van der Waals surface area contributed by atoms with Crippen LogP contribution in [0.1, 0.15) is 11.1 Å². The molecule has 0 saturated heterocycles. The third-order valence-corrected chi connectivity index (χ3v) is 6.17. The first-order valence-electron chi connectivity index (χ1n) is 10.5. The van der Waals surface area contributed by atoms with Gasteiger partial charge in [-0.15, -0.1) is 0 Å². The fourth-order valence-electron chi connectivity index (χ4n) is 3.12. The predicted molar refractivity (Wildman–Crippen MR) is 130 cm³/mol. The van der Waals surface area contributed by atoms with Crippen molar-refractivity contribution in [2.45, 2.75) is 13.8 Å². The van der Waals surface area contributed by atoms with Crippen molar-refractivity contribution in [2.75, 3.05) is 30.3 Å². The van der Waals surface area contributed by atoms with Crippen molar-refractivity contribution in [3.8, 4) is 17.2 Å². The third-order valence-electron chi connectivity index (χ3n) is 5.03. The fourth-order valence-corrected chi connectivity index (χ4v) is 3.98. The minimum atomic E-state index is -3.67. The second kappa shape index (κ2) is 10.9. The summed E-state index contributed by atoms with van der Waals surface area (Å²) in [6.45, 7) is 4.18. The average molecular weight is 469 g/mol. The number of para-hydroxylation sites is 1. The van der Waals surface area contributed by atoms with E-state index in [1.54, 1.807) is 24.3 Å². The highest BCUT2D eigenvalue weighted by molar-refractivity contribution is 7.92. The van der Waals surface area contributed by atoms with E-state index in [0.29, 0.717) is 17.2 Å². The molecule has 174 valence electrons. The van der Waals surface area contributed by atoms with E-state index in [9.17, 15) is 13.2 Å². The monoisotopic (exact) mass is 468 g/mol. The van der Waals surface area contributed by atoms with Crippen LogP contribution in [-0.2, 0) is 14.8 Å². The minimum Gasteiger partial charge on any atom is -0.491 e. The van der Waals surface area contributed by atoms with E-state index in [0.717, 1.165) is 27.4 Å². The van der Waals surface area contributed by atoms with E-state index < -0.39 is 15.9 Å². The standard InChI is InChI=1S/C25H28N2O5S/c1-19-8-7-11-24(20(19)2)31-17-16-26-25(28)18-27(33(3,29)30)21-12-14-23(15-13-21)32-22-9-5-4-6-10-22/h4-15H,16-18H2,1-3H3,(H,26,28). The SMILES string of the molecule is Cc1cccc(OCCNC(=O)CN(c2ccc(Oc3ccccc3)cc2)S(C)(=O)=O)c1C. The van der Waals surface area contributed by atoms with Gasteiger partial charge in [0, 0.05) is 0 Å². The molecule has 0 bridgehead atoms. The predicted octanol–water partition coefficient (Wildman–Crippen LogP) is 4.06. The summed E-state index contributed by atoms with van der Waals surface area (Å²) >= 11 is 0. The van der Waals surface area contributed by atoms with Gasteiger partial charge in [0.2, 0.25) is 15.9 Å². The van der Waals surface area contributed by atoms with Gasteiger partial charge < -0.3 is 14.8 Å². The van der Waals surface area contributed by atoms with Gasteiger partial charge in [-0.3, -0.25) is 9.10 Å². The van der Waals surface area contributed by atoms with Gasteiger partial charge in [-0.2, -0.15) is 0 Å². The molecule has 33 heavy (non-hydrogen) atoms. The Bertz CT molecular complexity index is 1180. The van der Waals surface area contributed by atoms with Crippen LogP contribution in [0.2, 0.25) is 0 Å². The van der Waals surface area contributed by atoms with Crippen LogP contribution in [0.25, 0.3) is 0 Å². The Morgan fingerprint density at radius 2 is 1.58 bits per heavy atom. The molecule has 0 unspecified atom stereocenters. The average Bonchev–Trinajstić information content (AvgIpc) is 2.78. The van der Waals surface area contributed by atoms with E-state index in [-0.39, 0.29) is 19.7 Å². The summed E-state index contributed by atoms with van der Waals surface area (Å²) in [5, 5.41) is 2.71. The van der Waals surface area contributed by atoms with Crippen LogP contribution in [0.15, 0.2) is 72.8 Å². The number of hydrogen-bond donors (Lipinski definition) is 1. The maximum atomic E-state index is 12.4. The number of ether oxygens (including phenoxy) is 2. The fraction of sp³-hybridized carbons (Fsp3) is 0.240. The van der Waals surface area contributed by atoms with E-state index in [1.807, 2.05) is 62.4 Å². The quantitative estimate of drug-likeness (QED) is 0.454. The molecule has 0 fully saturated rings. The van der Waals surface area contributed by atoms with Crippen molar-refractivity contribution in [1.82, 2.24) is 5.32 Å². The summed E-state index contributed by atoms with van der Waals surface area (Å²) in [4.78, 5) is 12.4. The Balaban J connectivity index is 1.56. The number of benzene rings is 3. The number of rotatable bonds is 10. The summed E-state index contributed by atoms with van der Waals surface area (Å²) < 4.78 is 37.2. The van der Waals surface area contributed by atoms with Crippen LogP contribution >= 0.6 is 0 Å². The highest BCUT2D eigenvalue weighted by atomic mass is 32.2. The molecule has 3 rings (SSSR count). The van der Waals surface area contributed by atoms with Crippen molar-refractivity contribution in [2.24, 2.45) is 0 Å². The molecule has 3 aromatic carbocycles. The van der Waals surface area contributed by atoms with E-state index in [1.165, 1.54) is 0 Å². The summed E-state index contributed by atoms with van der Waals surface area (Å²) in [6.07, 6.45) is 1.07. The minimum absolute atomic E-state index is 0.258. The summed E-state index contributed by atoms with van der Waals surface area (Å²) in [5.74, 6) is 1.58. The second-order valence-electron chi connectivity index (χ2n) is 7.58. The van der Waals surface area contributed by atoms with E-state index in [4.69, 9.17) is 9.47 Å². The molecule has 1 N–H and O–H groups in total. The zero-order valence-electron chi connectivity index (χ0n) is 18.9. The Labute approximate surface area is 195 Å². The highest BCUT2D eigenvalue weighted by Gasteiger charge is 2.21. The molecule has 0 spiro atoms. The van der Waals surface area contributed by atoms with Gasteiger partial charge in [-0.25, -0.2) is 8.42 Å². The maximum absolute atomic E-state index is 12.4. The number of carbonyl (C=O) groups is 1. The molecule has 0 saturated carbocycles. The van der Waals surface area contributed by atoms with Gasteiger partial charge in [0.05, 0.1) is 18.5 Å². The van der Waals surface area contributed by atoms with Crippen LogP contribution in [0.5, 0.6) is 17.2 Å². The number of carbonyl (C=O) groups excluding carboxylic acids is 1. The number of anilines is 1. The van der Waals surface area contributed by atoms with Gasteiger partial charge in [0.1, 0.15) is 30.4 Å². The van der Waals surface area contributed by atoms with Crippen molar-refractivity contribution in [3.63, 3.8) is 0 Å². The normalized spacial score (nSPS) is 11.0. The van der Waals surface area contributed by atoms with Gasteiger partial charge in [0.25, 0.3) is 0 Å². The molecule has 7 nitrogen and oxygen atoms in total. The first-order chi connectivity index (χ1) is 15.7. The van der Waals surface area contributed by atoms with Gasteiger partial charge in [-0.05, 0) is 67.4 Å². The summed E-state index contributed by atoms with van der Waals surface area (Å²) in [7, 11) is -3.67. The molecule has 0 radical (unpaired) electrons. The maximum Gasteiger partial charge on any atom is 0.240 e. The van der Waals surface area contributed by atoms with Crippen molar-refractivity contribution in [1.29, 1.82) is 0 Å². The van der Waals surface area contributed by atoms with Crippen LogP contribution in [0.3, 0.4) is 0 Å². The number of amides is 1. The van der Waals surface area contributed by atoms with Crippen molar-refractivity contribution >= 4 is 21.6 Å². The molecule has 0 heterocycles. The van der Waals surface area contributed by atoms with Crippen LogP contribution in [-0.4, -0.2) is 40.3 Å². The number of nitrogens with zero attached hydrogens (tertiary/aromatic N) is 1. The molecule has 0 aliphatic rings. The van der Waals surface area contributed by atoms with Crippen LogP contribution in [0.4, 0.5) is 5.69 Å². The molecule has 0 aliphatic heterocycles. The number of aryl methyl sites for hydroxylation is 1. The highest BCUT2D eigenvalue weighted by Crippen LogP contribution is 2.25. The van der Waals surface area contributed by atoms with Gasteiger partial charge in [0.15, 0.2) is 0 Å². The van der Waals surface area contributed by atoms with Gasteiger partial charge in [-0.1, -0.05) is 30.3 Å². The number of sulfonamides is 1. The van der Waals surface area contributed by atoms with Crippen LogP contribution < -0.4 is 19.1 Å². The Morgan fingerprint density at radius 3 is 2.24 bits per heavy atom. The van der Waals surface area contributed by atoms with Gasteiger partial charge >= 0.3 is 0 Å². The largest absolute Gasteiger partial charge is 0.491 e. The van der Waals surface area contributed by atoms with Crippen molar-refractivity contribution < 1.29 is 22.7 Å². The zero-order valence-corrected chi connectivity index (χ0v) is 19.8. The Morgan fingerprint density at radius 1 is 0.909 bits per heavy atom. The van der Waals surface area contributed by atoms with E-state index in [2.05, 4.69) is 5.32 Å². The molecule has 0 aromatic heterocycles. The topological polar surface area (TPSA) is 84.9 Å². The third kappa shape index (κ3) is 6.98. The lowest BCUT2D eigenvalue weighted by molar-refractivity contribution is -0.119. The number of hydrogen-bond acceptors (Lipinski definition) is 5. The summed E-state index contributed by atoms with van der Waals surface area (Å²) in [5.41, 5.74) is 2.55. The van der Waals surface area contributed by atoms with Crippen molar-refractivity contribution in [3.05, 3.63) is 83.9 Å². The lowest BCUT2D eigenvalue weighted by Gasteiger charge is -2.22. The molecule has 1 amide bonds. The molecular formula is C25H28N2O5S. The second-order valence-corrected chi connectivity index (χ2v) is 9.48. The Kier molecular flexibility index (Phi) is 7.95. The van der Waals surface area contributed by atoms with E-state index >= 15 is 0 Å². The molecule has 0 aliphatic carbocycles. The zero-order chi connectivity index (χ0) is 23.8. The lowest BCUT2D eigenvalue weighted by Crippen LogP contribution is -2.41.